The SMILES string of the molecule is Cc1cc2c([nH]c3ccccc32)c(N)n1. The second-order valence-corrected chi connectivity index (χ2v) is 3.74. The smallest absolute Gasteiger partial charge is 0.148 e. The molecule has 0 aliphatic rings. The van der Waals surface area contributed by atoms with Gasteiger partial charge in [0.1, 0.15) is 5.82 Å². The molecule has 0 amide bonds. The van der Waals surface area contributed by atoms with Gasteiger partial charge in [0, 0.05) is 22.0 Å². The summed E-state index contributed by atoms with van der Waals surface area (Å²) in [5, 5.41) is 2.35. The van der Waals surface area contributed by atoms with Crippen molar-refractivity contribution in [3.8, 4) is 0 Å². The van der Waals surface area contributed by atoms with Crippen LogP contribution < -0.4 is 5.73 Å². The molecule has 0 spiro atoms. The lowest BCUT2D eigenvalue weighted by atomic mass is 10.1. The first-order valence-corrected chi connectivity index (χ1v) is 4.89. The summed E-state index contributed by atoms with van der Waals surface area (Å²) in [6.45, 7) is 1.96. The molecule has 0 aliphatic carbocycles. The molecule has 2 heterocycles. The van der Waals surface area contributed by atoms with Crippen molar-refractivity contribution in [2.45, 2.75) is 6.92 Å². The zero-order valence-corrected chi connectivity index (χ0v) is 8.41. The van der Waals surface area contributed by atoms with Gasteiger partial charge in [0.05, 0.1) is 5.52 Å². The third kappa shape index (κ3) is 1.09. The average Bonchev–Trinajstić information content (AvgIpc) is 2.57. The van der Waals surface area contributed by atoms with Crippen molar-refractivity contribution in [2.75, 3.05) is 5.73 Å². The summed E-state index contributed by atoms with van der Waals surface area (Å²) in [7, 11) is 0. The van der Waals surface area contributed by atoms with E-state index in [1.54, 1.807) is 0 Å². The number of fused-ring (bicyclic) bond motifs is 3. The highest BCUT2D eigenvalue weighted by molar-refractivity contribution is 6.10. The second kappa shape index (κ2) is 2.73. The predicted octanol–water partition coefficient (Wildman–Crippen LogP) is 2.61. The first kappa shape index (κ1) is 8.29. The highest BCUT2D eigenvalue weighted by atomic mass is 14.9. The second-order valence-electron chi connectivity index (χ2n) is 3.74. The highest BCUT2D eigenvalue weighted by Gasteiger charge is 2.07. The van der Waals surface area contributed by atoms with E-state index in [1.165, 1.54) is 5.39 Å². The van der Waals surface area contributed by atoms with E-state index in [0.29, 0.717) is 5.82 Å². The third-order valence-corrected chi connectivity index (χ3v) is 2.65. The van der Waals surface area contributed by atoms with E-state index in [2.05, 4.69) is 22.1 Å². The van der Waals surface area contributed by atoms with Crippen molar-refractivity contribution in [3.05, 3.63) is 36.0 Å². The van der Waals surface area contributed by atoms with E-state index in [1.807, 2.05) is 25.1 Å². The number of hydrogen-bond acceptors (Lipinski definition) is 2. The van der Waals surface area contributed by atoms with Crippen molar-refractivity contribution in [1.29, 1.82) is 0 Å². The Morgan fingerprint density at radius 1 is 1.20 bits per heavy atom. The number of aryl methyl sites for hydroxylation is 1. The molecule has 0 fully saturated rings. The summed E-state index contributed by atoms with van der Waals surface area (Å²) < 4.78 is 0. The van der Waals surface area contributed by atoms with Gasteiger partial charge in [-0.05, 0) is 19.1 Å². The molecule has 0 bridgehead atoms. The first-order valence-electron chi connectivity index (χ1n) is 4.89. The van der Waals surface area contributed by atoms with Gasteiger partial charge in [-0.1, -0.05) is 18.2 Å². The van der Waals surface area contributed by atoms with Crippen LogP contribution in [0, 0.1) is 6.92 Å². The number of rotatable bonds is 0. The van der Waals surface area contributed by atoms with Crippen molar-refractivity contribution in [3.63, 3.8) is 0 Å². The lowest BCUT2D eigenvalue weighted by Gasteiger charge is -1.97. The Kier molecular flexibility index (Phi) is 1.51. The van der Waals surface area contributed by atoms with Crippen LogP contribution >= 0.6 is 0 Å². The molecule has 74 valence electrons. The summed E-state index contributed by atoms with van der Waals surface area (Å²) >= 11 is 0. The third-order valence-electron chi connectivity index (χ3n) is 2.65. The molecule has 3 nitrogen and oxygen atoms in total. The Balaban J connectivity index is 2.61. The van der Waals surface area contributed by atoms with Crippen molar-refractivity contribution < 1.29 is 0 Å². The number of nitrogens with one attached hydrogen (secondary N) is 1. The van der Waals surface area contributed by atoms with E-state index in [4.69, 9.17) is 5.73 Å². The Labute approximate surface area is 86.9 Å². The van der Waals surface area contributed by atoms with Crippen LogP contribution in [0.2, 0.25) is 0 Å². The minimum absolute atomic E-state index is 0.571. The molecule has 0 saturated heterocycles. The maximum Gasteiger partial charge on any atom is 0.148 e. The molecule has 0 radical (unpaired) electrons. The van der Waals surface area contributed by atoms with Crippen LogP contribution in [0.5, 0.6) is 0 Å². The van der Waals surface area contributed by atoms with Crippen LogP contribution in [0.15, 0.2) is 30.3 Å². The Morgan fingerprint density at radius 3 is 2.87 bits per heavy atom. The summed E-state index contributed by atoms with van der Waals surface area (Å²) in [6, 6.07) is 10.2. The number of aromatic amines is 1. The fourth-order valence-electron chi connectivity index (χ4n) is 2.00. The molecule has 3 heteroatoms. The predicted molar refractivity (Wildman–Crippen MR) is 62.7 cm³/mol. The number of nitrogens with two attached hydrogens (primary N) is 1. The van der Waals surface area contributed by atoms with E-state index >= 15 is 0 Å². The van der Waals surface area contributed by atoms with Crippen LogP contribution in [-0.2, 0) is 0 Å². The minimum Gasteiger partial charge on any atom is -0.382 e. The number of H-pyrrole nitrogens is 1. The number of nitrogen functional groups attached to an aromatic ring is 1. The zero-order valence-electron chi connectivity index (χ0n) is 8.41. The van der Waals surface area contributed by atoms with Gasteiger partial charge >= 0.3 is 0 Å². The van der Waals surface area contributed by atoms with Gasteiger partial charge in [0.2, 0.25) is 0 Å². The first-order chi connectivity index (χ1) is 7.25. The molecule has 15 heavy (non-hydrogen) atoms. The molecule has 3 N–H and O–H groups in total. The lowest BCUT2D eigenvalue weighted by molar-refractivity contribution is 1.23. The maximum absolute atomic E-state index is 5.88. The largest absolute Gasteiger partial charge is 0.382 e. The average molecular weight is 197 g/mol. The maximum atomic E-state index is 5.88. The summed E-state index contributed by atoms with van der Waals surface area (Å²) in [6.07, 6.45) is 0. The molecule has 0 saturated carbocycles. The molecule has 0 atom stereocenters. The number of benzene rings is 1. The number of aromatic nitrogens is 2. The van der Waals surface area contributed by atoms with Crippen molar-refractivity contribution >= 4 is 27.6 Å². The quantitative estimate of drug-likeness (QED) is 0.582. The fourth-order valence-corrected chi connectivity index (χ4v) is 2.00. The molecule has 2 aromatic heterocycles. The summed E-state index contributed by atoms with van der Waals surface area (Å²) in [5.74, 6) is 0.571. The van der Waals surface area contributed by atoms with Gasteiger partial charge in [-0.25, -0.2) is 4.98 Å². The van der Waals surface area contributed by atoms with Gasteiger partial charge in [-0.2, -0.15) is 0 Å². The van der Waals surface area contributed by atoms with E-state index in [0.717, 1.165) is 22.1 Å². The van der Waals surface area contributed by atoms with Gasteiger partial charge in [-0.15, -0.1) is 0 Å². The number of para-hydroxylation sites is 1. The van der Waals surface area contributed by atoms with Gasteiger partial charge in [-0.3, -0.25) is 0 Å². The topological polar surface area (TPSA) is 54.7 Å². The zero-order chi connectivity index (χ0) is 10.4. The molecule has 3 aromatic rings. The minimum atomic E-state index is 0.571. The fraction of sp³-hybridized carbons (Fsp3) is 0.0833. The summed E-state index contributed by atoms with van der Waals surface area (Å²) in [4.78, 5) is 7.53. The van der Waals surface area contributed by atoms with Gasteiger partial charge in [0.25, 0.3) is 0 Å². The Hall–Kier alpha value is -2.03. The molecular formula is C12H11N3. The Morgan fingerprint density at radius 2 is 2.00 bits per heavy atom. The molecule has 0 aliphatic heterocycles. The van der Waals surface area contributed by atoms with Crippen LogP contribution in [0.1, 0.15) is 5.69 Å². The number of hydrogen-bond donors (Lipinski definition) is 2. The highest BCUT2D eigenvalue weighted by Crippen LogP contribution is 2.28. The molecular weight excluding hydrogens is 186 g/mol. The van der Waals surface area contributed by atoms with Gasteiger partial charge < -0.3 is 10.7 Å². The standard InChI is InChI=1S/C12H11N3/c1-7-6-9-8-4-2-3-5-10(8)15-11(9)12(13)14-7/h2-6,15H,1H3,(H2,13,14). The van der Waals surface area contributed by atoms with Crippen molar-refractivity contribution in [2.24, 2.45) is 0 Å². The van der Waals surface area contributed by atoms with Crippen molar-refractivity contribution in [1.82, 2.24) is 9.97 Å². The molecule has 1 aromatic carbocycles. The monoisotopic (exact) mass is 197 g/mol. The van der Waals surface area contributed by atoms with Gasteiger partial charge in [0.15, 0.2) is 0 Å². The number of anilines is 1. The number of pyridine rings is 1. The van der Waals surface area contributed by atoms with Crippen LogP contribution in [0.4, 0.5) is 5.82 Å². The van der Waals surface area contributed by atoms with E-state index in [9.17, 15) is 0 Å². The Bertz CT molecular complexity index is 652. The van der Waals surface area contributed by atoms with Crippen LogP contribution in [0.3, 0.4) is 0 Å². The molecule has 0 unspecified atom stereocenters. The van der Waals surface area contributed by atoms with E-state index in [-0.39, 0.29) is 0 Å². The number of nitrogens with zero attached hydrogens (tertiary/aromatic N) is 1. The lowest BCUT2D eigenvalue weighted by Crippen LogP contribution is -1.92. The van der Waals surface area contributed by atoms with Crippen LogP contribution in [-0.4, -0.2) is 9.97 Å². The van der Waals surface area contributed by atoms with E-state index < -0.39 is 0 Å². The molecule has 3 rings (SSSR count). The van der Waals surface area contributed by atoms with Crippen LogP contribution in [0.25, 0.3) is 21.8 Å². The summed E-state index contributed by atoms with van der Waals surface area (Å²) in [5.41, 5.74) is 8.86. The normalized spacial score (nSPS) is 11.3.